The maximum Gasteiger partial charge on any atom is 0.0747 e. The summed E-state index contributed by atoms with van der Waals surface area (Å²) < 4.78 is 7.64. The van der Waals surface area contributed by atoms with Crippen molar-refractivity contribution in [1.29, 1.82) is 0 Å². The Morgan fingerprint density at radius 2 is 2.16 bits per heavy atom. The summed E-state index contributed by atoms with van der Waals surface area (Å²) in [6, 6.07) is 2.49. The van der Waals surface area contributed by atoms with Crippen LogP contribution in [0.25, 0.3) is 0 Å². The van der Waals surface area contributed by atoms with Gasteiger partial charge in [0, 0.05) is 32.1 Å². The van der Waals surface area contributed by atoms with Crippen molar-refractivity contribution < 1.29 is 4.74 Å². The van der Waals surface area contributed by atoms with Gasteiger partial charge >= 0.3 is 0 Å². The molecule has 1 heterocycles. The summed E-state index contributed by atoms with van der Waals surface area (Å²) in [6.07, 6.45) is 5.39. The first-order chi connectivity index (χ1) is 9.10. The fourth-order valence-corrected chi connectivity index (χ4v) is 2.56. The molecule has 1 aromatic rings. The first-order valence-electron chi connectivity index (χ1n) is 7.33. The van der Waals surface area contributed by atoms with Gasteiger partial charge in [-0.25, -0.2) is 0 Å². The van der Waals surface area contributed by atoms with Crippen molar-refractivity contribution in [2.24, 2.45) is 13.0 Å². The monoisotopic (exact) mass is 267 g/mol. The molecule has 1 rings (SSSR count). The normalized spacial score (nSPS) is 14.8. The molecule has 19 heavy (non-hydrogen) atoms. The molecule has 1 N–H and O–H groups in total. The average molecular weight is 267 g/mol. The Balaban J connectivity index is 2.60. The molecule has 110 valence electrons. The van der Waals surface area contributed by atoms with Gasteiger partial charge in [0.05, 0.1) is 6.10 Å². The zero-order chi connectivity index (χ0) is 14.3. The molecule has 0 fully saturated rings. The van der Waals surface area contributed by atoms with Crippen LogP contribution in [-0.4, -0.2) is 35.6 Å². The summed E-state index contributed by atoms with van der Waals surface area (Å²) in [4.78, 5) is 0. The zero-order valence-electron chi connectivity index (χ0n) is 13.0. The highest BCUT2D eigenvalue weighted by Crippen LogP contribution is 2.15. The second-order valence-electron chi connectivity index (χ2n) is 5.49. The number of nitrogens with zero attached hydrogens (tertiary/aromatic N) is 2. The molecule has 2 atom stereocenters. The van der Waals surface area contributed by atoms with Crippen molar-refractivity contribution >= 4 is 0 Å². The fraction of sp³-hybridized carbons (Fsp3) is 0.800. The van der Waals surface area contributed by atoms with E-state index in [4.69, 9.17) is 4.74 Å². The molecule has 0 aliphatic heterocycles. The van der Waals surface area contributed by atoms with E-state index in [2.05, 4.69) is 37.3 Å². The van der Waals surface area contributed by atoms with Gasteiger partial charge in [-0.15, -0.1) is 0 Å². The van der Waals surface area contributed by atoms with Crippen molar-refractivity contribution in [3.05, 3.63) is 18.0 Å². The lowest BCUT2D eigenvalue weighted by Crippen LogP contribution is -2.44. The van der Waals surface area contributed by atoms with Crippen molar-refractivity contribution in [2.45, 2.75) is 52.2 Å². The minimum absolute atomic E-state index is 0.264. The number of aryl methyl sites for hydroxylation is 2. The van der Waals surface area contributed by atoms with Crippen LogP contribution in [0.4, 0.5) is 0 Å². The van der Waals surface area contributed by atoms with Crippen LogP contribution < -0.4 is 5.32 Å². The molecule has 0 amide bonds. The Bertz CT molecular complexity index is 349. The molecule has 0 spiro atoms. The smallest absolute Gasteiger partial charge is 0.0747 e. The standard InChI is InChI=1S/C15H29N3O/c1-6-10-16-14(15(19-5)12(2)3)8-7-13-9-11-17-18(13)4/h9,11-12,14-16H,6-8,10H2,1-5H3. The van der Waals surface area contributed by atoms with E-state index < -0.39 is 0 Å². The molecule has 0 aliphatic rings. The molecule has 4 nitrogen and oxygen atoms in total. The van der Waals surface area contributed by atoms with E-state index >= 15 is 0 Å². The van der Waals surface area contributed by atoms with Crippen molar-refractivity contribution in [3.8, 4) is 0 Å². The molecule has 4 heteroatoms. The number of methoxy groups -OCH3 is 1. The number of rotatable bonds is 9. The first kappa shape index (κ1) is 16.2. The van der Waals surface area contributed by atoms with Crippen LogP contribution in [-0.2, 0) is 18.2 Å². The molecule has 0 saturated carbocycles. The lowest BCUT2D eigenvalue weighted by atomic mass is 9.95. The topological polar surface area (TPSA) is 39.1 Å². The fourth-order valence-electron chi connectivity index (χ4n) is 2.56. The summed E-state index contributed by atoms with van der Waals surface area (Å²) in [5.74, 6) is 0.519. The van der Waals surface area contributed by atoms with Gasteiger partial charge in [0.2, 0.25) is 0 Å². The third-order valence-corrected chi connectivity index (χ3v) is 3.62. The number of hydrogen-bond donors (Lipinski definition) is 1. The predicted octanol–water partition coefficient (Wildman–Crippen LogP) is 2.39. The molecule has 1 aromatic heterocycles. The summed E-state index contributed by atoms with van der Waals surface area (Å²) >= 11 is 0. The lowest BCUT2D eigenvalue weighted by molar-refractivity contribution is 0.0307. The van der Waals surface area contributed by atoms with Crippen LogP contribution in [0.15, 0.2) is 12.3 Å². The zero-order valence-corrected chi connectivity index (χ0v) is 13.0. The predicted molar refractivity (Wildman–Crippen MR) is 79.2 cm³/mol. The molecule has 0 radical (unpaired) electrons. The van der Waals surface area contributed by atoms with Gasteiger partial charge < -0.3 is 10.1 Å². The van der Waals surface area contributed by atoms with Gasteiger partial charge in [-0.2, -0.15) is 5.10 Å². The number of hydrogen-bond acceptors (Lipinski definition) is 3. The first-order valence-corrected chi connectivity index (χ1v) is 7.33. The highest BCUT2D eigenvalue weighted by Gasteiger charge is 2.23. The number of aromatic nitrogens is 2. The molecule has 0 bridgehead atoms. The van der Waals surface area contributed by atoms with Gasteiger partial charge in [-0.3, -0.25) is 4.68 Å². The molecule has 0 aliphatic carbocycles. The van der Waals surface area contributed by atoms with Gasteiger partial charge in [-0.1, -0.05) is 20.8 Å². The number of nitrogens with one attached hydrogen (secondary N) is 1. The van der Waals surface area contributed by atoms with E-state index in [0.717, 1.165) is 25.8 Å². The van der Waals surface area contributed by atoms with Gasteiger partial charge in [-0.05, 0) is 37.8 Å². The van der Waals surface area contributed by atoms with Crippen LogP contribution in [0.5, 0.6) is 0 Å². The summed E-state index contributed by atoms with van der Waals surface area (Å²) in [5, 5.41) is 7.85. The Labute approximate surface area is 117 Å². The van der Waals surface area contributed by atoms with Crippen molar-refractivity contribution in [2.75, 3.05) is 13.7 Å². The Kier molecular flexibility index (Phi) is 7.10. The SMILES string of the molecule is CCCNC(CCc1ccnn1C)C(OC)C(C)C. The van der Waals surface area contributed by atoms with Gasteiger partial charge in [0.15, 0.2) is 0 Å². The third kappa shape index (κ3) is 4.96. The van der Waals surface area contributed by atoms with Crippen LogP contribution >= 0.6 is 0 Å². The van der Waals surface area contributed by atoms with E-state index in [1.807, 2.05) is 25.0 Å². The third-order valence-electron chi connectivity index (χ3n) is 3.62. The highest BCUT2D eigenvalue weighted by molar-refractivity contribution is 5.01. The van der Waals surface area contributed by atoms with E-state index in [1.165, 1.54) is 5.69 Å². The van der Waals surface area contributed by atoms with E-state index in [1.54, 1.807) is 0 Å². The maximum absolute atomic E-state index is 5.69. The second kappa shape index (κ2) is 8.33. The highest BCUT2D eigenvalue weighted by atomic mass is 16.5. The van der Waals surface area contributed by atoms with E-state index in [-0.39, 0.29) is 6.10 Å². The van der Waals surface area contributed by atoms with Crippen molar-refractivity contribution in [3.63, 3.8) is 0 Å². The second-order valence-corrected chi connectivity index (χ2v) is 5.49. The minimum Gasteiger partial charge on any atom is -0.380 e. The minimum atomic E-state index is 0.264. The molecule has 0 aromatic carbocycles. The Morgan fingerprint density at radius 3 is 2.63 bits per heavy atom. The Morgan fingerprint density at radius 1 is 1.42 bits per heavy atom. The summed E-state index contributed by atoms with van der Waals surface area (Å²) in [5.41, 5.74) is 1.28. The van der Waals surface area contributed by atoms with Crippen LogP contribution in [0.3, 0.4) is 0 Å². The van der Waals surface area contributed by atoms with Gasteiger partial charge in [0.25, 0.3) is 0 Å². The van der Waals surface area contributed by atoms with Crippen LogP contribution in [0, 0.1) is 5.92 Å². The lowest BCUT2D eigenvalue weighted by Gasteiger charge is -2.30. The van der Waals surface area contributed by atoms with Crippen LogP contribution in [0.2, 0.25) is 0 Å². The largest absolute Gasteiger partial charge is 0.380 e. The maximum atomic E-state index is 5.69. The average Bonchev–Trinajstić information content (AvgIpc) is 2.78. The Hall–Kier alpha value is -0.870. The quantitative estimate of drug-likeness (QED) is 0.746. The molecular formula is C15H29N3O. The van der Waals surface area contributed by atoms with E-state index in [9.17, 15) is 0 Å². The van der Waals surface area contributed by atoms with Crippen LogP contribution in [0.1, 0.15) is 39.3 Å². The molecule has 0 saturated heterocycles. The summed E-state index contributed by atoms with van der Waals surface area (Å²) in [7, 11) is 3.81. The molecular weight excluding hydrogens is 238 g/mol. The van der Waals surface area contributed by atoms with Gasteiger partial charge in [0.1, 0.15) is 0 Å². The summed E-state index contributed by atoms with van der Waals surface area (Å²) in [6.45, 7) is 7.68. The number of ether oxygens (including phenoxy) is 1. The van der Waals surface area contributed by atoms with Crippen molar-refractivity contribution in [1.82, 2.24) is 15.1 Å². The van der Waals surface area contributed by atoms with E-state index in [0.29, 0.717) is 12.0 Å². The molecule has 2 unspecified atom stereocenters.